The van der Waals surface area contributed by atoms with Gasteiger partial charge in [-0.25, -0.2) is 0 Å². The topological polar surface area (TPSA) is 18.5 Å². The lowest BCUT2D eigenvalue weighted by Crippen LogP contribution is -2.26. The van der Waals surface area contributed by atoms with Gasteiger partial charge >= 0.3 is 0 Å². The third-order valence-electron chi connectivity index (χ3n) is 4.79. The van der Waals surface area contributed by atoms with E-state index in [1.165, 1.54) is 83.5 Å². The first-order chi connectivity index (χ1) is 10.8. The lowest BCUT2D eigenvalue weighted by atomic mass is 10.0. The highest BCUT2D eigenvalue weighted by molar-refractivity contribution is 4.65. The van der Waals surface area contributed by atoms with E-state index in [1.807, 2.05) is 0 Å². The van der Waals surface area contributed by atoms with E-state index in [0.717, 1.165) is 6.42 Å². The minimum absolute atomic E-state index is 0.210. The van der Waals surface area contributed by atoms with Gasteiger partial charge in [0.05, 0.1) is 12.2 Å². The summed E-state index contributed by atoms with van der Waals surface area (Å²) in [6, 6.07) is 0. The first kappa shape index (κ1) is 21.9. The fourth-order valence-corrected chi connectivity index (χ4v) is 3.06. The van der Waals surface area contributed by atoms with E-state index >= 15 is 0 Å². The lowest BCUT2D eigenvalue weighted by molar-refractivity contribution is -0.0309. The van der Waals surface area contributed by atoms with Crippen LogP contribution in [0.4, 0.5) is 0 Å². The Morgan fingerprint density at radius 2 is 1.00 bits per heavy atom. The summed E-state index contributed by atoms with van der Waals surface area (Å²) >= 11 is 0. The quantitative estimate of drug-likeness (QED) is 0.285. The zero-order valence-corrected chi connectivity index (χ0v) is 15.9. The average molecular weight is 315 g/mol. The van der Waals surface area contributed by atoms with Crippen LogP contribution in [0.15, 0.2) is 0 Å². The molecule has 0 aromatic carbocycles. The third kappa shape index (κ3) is 13.6. The number of hydrogen-bond donors (Lipinski definition) is 0. The van der Waals surface area contributed by atoms with Crippen molar-refractivity contribution in [3.05, 3.63) is 0 Å². The first-order valence-electron chi connectivity index (χ1n) is 9.81. The van der Waals surface area contributed by atoms with Crippen LogP contribution in [0, 0.1) is 0 Å². The molecule has 0 saturated heterocycles. The smallest absolute Gasteiger partial charge is 0.0830 e. The molecule has 22 heavy (non-hydrogen) atoms. The van der Waals surface area contributed by atoms with Gasteiger partial charge in [0.1, 0.15) is 0 Å². The molecule has 0 aliphatic rings. The predicted molar refractivity (Wildman–Crippen MR) is 97.6 cm³/mol. The molecule has 0 amide bonds. The minimum atomic E-state index is 0.210. The number of ether oxygens (including phenoxy) is 2. The molecule has 0 N–H and O–H groups in total. The third-order valence-corrected chi connectivity index (χ3v) is 4.79. The largest absolute Gasteiger partial charge is 0.379 e. The van der Waals surface area contributed by atoms with Crippen molar-refractivity contribution in [2.75, 3.05) is 14.2 Å². The average Bonchev–Trinajstić information content (AvgIpc) is 2.54. The van der Waals surface area contributed by atoms with Gasteiger partial charge in [-0.1, -0.05) is 90.4 Å². The molecule has 2 unspecified atom stereocenters. The van der Waals surface area contributed by atoms with Gasteiger partial charge in [-0.3, -0.25) is 0 Å². The highest BCUT2D eigenvalue weighted by atomic mass is 16.5. The number of rotatable bonds is 17. The Labute approximate surface area is 140 Å². The van der Waals surface area contributed by atoms with Gasteiger partial charge in [-0.05, 0) is 13.3 Å². The van der Waals surface area contributed by atoms with Crippen molar-refractivity contribution < 1.29 is 9.47 Å². The Balaban J connectivity index is 3.20. The second-order valence-corrected chi connectivity index (χ2v) is 6.75. The van der Waals surface area contributed by atoms with Crippen molar-refractivity contribution >= 4 is 0 Å². The monoisotopic (exact) mass is 314 g/mol. The highest BCUT2D eigenvalue weighted by Gasteiger charge is 2.14. The molecule has 0 radical (unpaired) electrons. The summed E-state index contributed by atoms with van der Waals surface area (Å²) in [5.41, 5.74) is 0. The Bertz CT molecular complexity index is 206. The molecule has 0 aromatic rings. The molecule has 0 heterocycles. The minimum Gasteiger partial charge on any atom is -0.379 e. The molecule has 2 nitrogen and oxygen atoms in total. The summed E-state index contributed by atoms with van der Waals surface area (Å²) in [4.78, 5) is 0. The van der Waals surface area contributed by atoms with E-state index in [2.05, 4.69) is 13.8 Å². The van der Waals surface area contributed by atoms with Crippen LogP contribution in [0.3, 0.4) is 0 Å². The summed E-state index contributed by atoms with van der Waals surface area (Å²) in [5, 5.41) is 0. The second-order valence-electron chi connectivity index (χ2n) is 6.75. The Hall–Kier alpha value is -0.0800. The molecule has 0 aromatic heterocycles. The standard InChI is InChI=1S/C20H42O2/c1-5-6-7-8-9-10-11-12-13-14-15-16-17-18-20(22-4)19(2)21-3/h19-20H,5-18H2,1-4H3. The summed E-state index contributed by atoms with van der Waals surface area (Å²) in [7, 11) is 3.56. The van der Waals surface area contributed by atoms with Crippen LogP contribution in [0.1, 0.15) is 104 Å². The summed E-state index contributed by atoms with van der Waals surface area (Å²) in [5.74, 6) is 0. The van der Waals surface area contributed by atoms with Crippen LogP contribution in [0.25, 0.3) is 0 Å². The zero-order valence-electron chi connectivity index (χ0n) is 15.9. The van der Waals surface area contributed by atoms with Gasteiger partial charge < -0.3 is 9.47 Å². The van der Waals surface area contributed by atoms with E-state index in [4.69, 9.17) is 9.47 Å². The first-order valence-corrected chi connectivity index (χ1v) is 9.81. The van der Waals surface area contributed by atoms with E-state index in [-0.39, 0.29) is 12.2 Å². The molecule has 0 rings (SSSR count). The maximum Gasteiger partial charge on any atom is 0.0830 e. The van der Waals surface area contributed by atoms with E-state index < -0.39 is 0 Å². The summed E-state index contributed by atoms with van der Waals surface area (Å²) in [6.07, 6.45) is 19.9. The van der Waals surface area contributed by atoms with Gasteiger partial charge in [0.15, 0.2) is 0 Å². The van der Waals surface area contributed by atoms with Crippen molar-refractivity contribution in [3.8, 4) is 0 Å². The molecule has 2 heteroatoms. The molecule has 2 atom stereocenters. The number of hydrogen-bond acceptors (Lipinski definition) is 2. The molecule has 0 saturated carbocycles. The maximum absolute atomic E-state index is 5.49. The van der Waals surface area contributed by atoms with Crippen LogP contribution >= 0.6 is 0 Å². The molecule has 0 aliphatic heterocycles. The SMILES string of the molecule is CCCCCCCCCCCCCCCC(OC)C(C)OC. The van der Waals surface area contributed by atoms with E-state index in [0.29, 0.717) is 0 Å². The molecule has 0 spiro atoms. The van der Waals surface area contributed by atoms with Crippen LogP contribution in [0.5, 0.6) is 0 Å². The maximum atomic E-state index is 5.49. The Morgan fingerprint density at radius 3 is 1.36 bits per heavy atom. The molecule has 0 bridgehead atoms. The van der Waals surface area contributed by atoms with Crippen molar-refractivity contribution in [2.45, 2.75) is 116 Å². The zero-order chi connectivity index (χ0) is 16.5. The predicted octanol–water partition coefficient (Wildman–Crippen LogP) is 6.52. The van der Waals surface area contributed by atoms with Crippen LogP contribution < -0.4 is 0 Å². The highest BCUT2D eigenvalue weighted by Crippen LogP contribution is 2.15. The molecular weight excluding hydrogens is 272 g/mol. The number of unbranched alkanes of at least 4 members (excludes halogenated alkanes) is 12. The van der Waals surface area contributed by atoms with Crippen molar-refractivity contribution in [1.29, 1.82) is 0 Å². The van der Waals surface area contributed by atoms with Gasteiger partial charge in [-0.2, -0.15) is 0 Å². The van der Waals surface area contributed by atoms with Crippen LogP contribution in [0.2, 0.25) is 0 Å². The molecule has 0 aliphatic carbocycles. The number of methoxy groups -OCH3 is 2. The van der Waals surface area contributed by atoms with Crippen molar-refractivity contribution in [3.63, 3.8) is 0 Å². The van der Waals surface area contributed by atoms with E-state index in [9.17, 15) is 0 Å². The second kappa shape index (κ2) is 17.3. The van der Waals surface area contributed by atoms with E-state index in [1.54, 1.807) is 14.2 Å². The van der Waals surface area contributed by atoms with Crippen molar-refractivity contribution in [1.82, 2.24) is 0 Å². The normalized spacial score (nSPS) is 14.2. The fourth-order valence-electron chi connectivity index (χ4n) is 3.06. The van der Waals surface area contributed by atoms with Gasteiger partial charge in [0.25, 0.3) is 0 Å². The van der Waals surface area contributed by atoms with Gasteiger partial charge in [-0.15, -0.1) is 0 Å². The van der Waals surface area contributed by atoms with Gasteiger partial charge in [0, 0.05) is 14.2 Å². The fraction of sp³-hybridized carbons (Fsp3) is 1.00. The van der Waals surface area contributed by atoms with Gasteiger partial charge in [0.2, 0.25) is 0 Å². The van der Waals surface area contributed by atoms with Crippen LogP contribution in [-0.4, -0.2) is 26.4 Å². The molecular formula is C20H42O2. The summed E-state index contributed by atoms with van der Waals surface area (Å²) in [6.45, 7) is 4.38. The van der Waals surface area contributed by atoms with Crippen molar-refractivity contribution in [2.24, 2.45) is 0 Å². The molecule has 0 fully saturated rings. The Kier molecular flexibility index (Phi) is 17.2. The molecule has 134 valence electrons. The Morgan fingerprint density at radius 1 is 0.591 bits per heavy atom. The van der Waals surface area contributed by atoms with Crippen LogP contribution in [-0.2, 0) is 9.47 Å². The summed E-state index contributed by atoms with van der Waals surface area (Å²) < 4.78 is 10.8. The lowest BCUT2D eigenvalue weighted by Gasteiger charge is -2.21.